The molecule has 1 aliphatic carbocycles. The van der Waals surface area contributed by atoms with Crippen molar-refractivity contribution in [3.63, 3.8) is 0 Å². The van der Waals surface area contributed by atoms with E-state index in [9.17, 15) is 29.1 Å². The summed E-state index contributed by atoms with van der Waals surface area (Å²) in [6.45, 7) is 0.540. The van der Waals surface area contributed by atoms with Crippen molar-refractivity contribution in [2.75, 3.05) is 6.54 Å². The first kappa shape index (κ1) is 26.1. The molecule has 1 aliphatic heterocycles. The maximum Gasteiger partial charge on any atom is 0.405 e. The molecular formula is C27H32N4O6. The Morgan fingerprint density at radius 1 is 0.946 bits per heavy atom. The number of hydrogen-bond acceptors (Lipinski definition) is 5. The van der Waals surface area contributed by atoms with Crippen LogP contribution < -0.4 is 21.3 Å². The first-order valence-corrected chi connectivity index (χ1v) is 12.6. The standard InChI is InChI=1S/C27H32N4O6/c32-15-20(13-19-10-11-28-24(19)33)29-25(34)22(12-16-8-9-16)30-26(35)23(31-27(36)37)14-18-6-3-5-17-4-1-2-7-21(17)18/h1-7,15-16,19-20,22-23,31H,8-14H2,(H,28,33)(H,29,34)(H,30,35)(H,36,37)/t19-,20-,22-,23-/m0/s1. The molecule has 2 aromatic carbocycles. The van der Waals surface area contributed by atoms with Crippen LogP contribution in [0.2, 0.25) is 0 Å². The molecular weight excluding hydrogens is 476 g/mol. The van der Waals surface area contributed by atoms with E-state index in [-0.39, 0.29) is 30.6 Å². The number of amides is 4. The monoisotopic (exact) mass is 508 g/mol. The van der Waals surface area contributed by atoms with Crippen molar-refractivity contribution in [2.24, 2.45) is 11.8 Å². The highest BCUT2D eigenvalue weighted by Gasteiger charge is 2.34. The predicted molar refractivity (Wildman–Crippen MR) is 136 cm³/mol. The number of fused-ring (bicyclic) bond motifs is 1. The van der Waals surface area contributed by atoms with Crippen molar-refractivity contribution in [1.29, 1.82) is 0 Å². The van der Waals surface area contributed by atoms with E-state index in [2.05, 4.69) is 21.3 Å². The van der Waals surface area contributed by atoms with Crippen LogP contribution in [0, 0.1) is 11.8 Å². The van der Waals surface area contributed by atoms with Crippen LogP contribution in [0.4, 0.5) is 4.79 Å². The van der Waals surface area contributed by atoms with Crippen molar-refractivity contribution in [2.45, 2.75) is 56.7 Å². The molecule has 0 bridgehead atoms. The lowest BCUT2D eigenvalue weighted by molar-refractivity contribution is -0.131. The largest absolute Gasteiger partial charge is 0.465 e. The van der Waals surface area contributed by atoms with Gasteiger partial charge in [0.25, 0.3) is 0 Å². The van der Waals surface area contributed by atoms with Gasteiger partial charge in [-0.25, -0.2) is 4.79 Å². The predicted octanol–water partition coefficient (Wildman–Crippen LogP) is 1.51. The zero-order chi connectivity index (χ0) is 26.4. The van der Waals surface area contributed by atoms with Gasteiger partial charge >= 0.3 is 6.09 Å². The summed E-state index contributed by atoms with van der Waals surface area (Å²) in [5.74, 6) is -1.35. The molecule has 0 aromatic heterocycles. The van der Waals surface area contributed by atoms with Crippen LogP contribution in [0.1, 0.15) is 37.7 Å². The Balaban J connectivity index is 1.46. The van der Waals surface area contributed by atoms with Gasteiger partial charge in [-0.05, 0) is 41.5 Å². The van der Waals surface area contributed by atoms with Gasteiger partial charge in [0.2, 0.25) is 17.7 Å². The number of carbonyl (C=O) groups is 5. The number of carbonyl (C=O) groups excluding carboxylic acids is 4. The molecule has 2 aliphatic rings. The second kappa shape index (κ2) is 11.9. The van der Waals surface area contributed by atoms with Gasteiger partial charge in [0.15, 0.2) is 0 Å². The first-order chi connectivity index (χ1) is 17.8. The smallest absolute Gasteiger partial charge is 0.405 e. The number of benzene rings is 2. The third-order valence-electron chi connectivity index (χ3n) is 7.01. The highest BCUT2D eigenvalue weighted by molar-refractivity contribution is 5.93. The number of hydrogen-bond donors (Lipinski definition) is 5. The summed E-state index contributed by atoms with van der Waals surface area (Å²) in [4.78, 5) is 61.4. The second-order valence-electron chi connectivity index (χ2n) is 9.85. The van der Waals surface area contributed by atoms with Gasteiger partial charge < -0.3 is 31.2 Å². The first-order valence-electron chi connectivity index (χ1n) is 12.6. The molecule has 2 fully saturated rings. The molecule has 37 heavy (non-hydrogen) atoms. The minimum Gasteiger partial charge on any atom is -0.465 e. The molecule has 10 nitrogen and oxygen atoms in total. The third kappa shape index (κ3) is 7.05. The molecule has 4 rings (SSSR count). The van der Waals surface area contributed by atoms with Crippen molar-refractivity contribution in [1.82, 2.24) is 21.3 Å². The summed E-state index contributed by atoms with van der Waals surface area (Å²) in [5, 5.41) is 21.7. The highest BCUT2D eigenvalue weighted by Crippen LogP contribution is 2.33. The Morgan fingerprint density at radius 3 is 2.35 bits per heavy atom. The normalized spacial score (nSPS) is 19.4. The molecule has 1 saturated heterocycles. The van der Waals surface area contributed by atoms with Gasteiger partial charge in [0, 0.05) is 18.9 Å². The number of carboxylic acid groups (broad SMARTS) is 1. The summed E-state index contributed by atoms with van der Waals surface area (Å²) >= 11 is 0. The average molecular weight is 509 g/mol. The maximum absolute atomic E-state index is 13.3. The van der Waals surface area contributed by atoms with Crippen molar-refractivity contribution in [3.05, 3.63) is 48.0 Å². The fourth-order valence-electron chi connectivity index (χ4n) is 4.85. The lowest BCUT2D eigenvalue weighted by atomic mass is 9.97. The zero-order valence-electron chi connectivity index (χ0n) is 20.4. The Kier molecular flexibility index (Phi) is 8.37. The number of nitrogens with one attached hydrogen (secondary N) is 4. The maximum atomic E-state index is 13.3. The topological polar surface area (TPSA) is 154 Å². The van der Waals surface area contributed by atoms with E-state index in [1.807, 2.05) is 42.5 Å². The van der Waals surface area contributed by atoms with E-state index in [1.54, 1.807) is 0 Å². The average Bonchev–Trinajstić information content (AvgIpc) is 3.61. The summed E-state index contributed by atoms with van der Waals surface area (Å²) in [5.41, 5.74) is 0.797. The highest BCUT2D eigenvalue weighted by atomic mass is 16.4. The molecule has 10 heteroatoms. The van der Waals surface area contributed by atoms with Crippen molar-refractivity contribution >= 4 is 40.9 Å². The van der Waals surface area contributed by atoms with E-state index in [0.717, 1.165) is 29.2 Å². The van der Waals surface area contributed by atoms with Crippen LogP contribution in [0.3, 0.4) is 0 Å². The molecule has 0 unspecified atom stereocenters. The molecule has 4 amide bonds. The fraction of sp³-hybridized carbons (Fsp3) is 0.444. The van der Waals surface area contributed by atoms with Gasteiger partial charge in [-0.3, -0.25) is 14.4 Å². The van der Waals surface area contributed by atoms with Crippen LogP contribution >= 0.6 is 0 Å². The number of aldehydes is 1. The van der Waals surface area contributed by atoms with Crippen LogP contribution in [0.5, 0.6) is 0 Å². The molecule has 5 N–H and O–H groups in total. The van der Waals surface area contributed by atoms with E-state index < -0.39 is 36.0 Å². The Bertz CT molecular complexity index is 1180. The third-order valence-corrected chi connectivity index (χ3v) is 7.01. The van der Waals surface area contributed by atoms with Crippen LogP contribution in [-0.4, -0.2) is 59.9 Å². The van der Waals surface area contributed by atoms with Gasteiger partial charge in [-0.2, -0.15) is 0 Å². The lowest BCUT2D eigenvalue weighted by Crippen LogP contribution is -2.55. The number of rotatable bonds is 12. The summed E-state index contributed by atoms with van der Waals surface area (Å²) in [6.07, 6.45) is 2.41. The molecule has 2 aromatic rings. The van der Waals surface area contributed by atoms with E-state index in [4.69, 9.17) is 0 Å². The minimum atomic E-state index is -1.35. The van der Waals surface area contributed by atoms with Crippen molar-refractivity contribution in [3.8, 4) is 0 Å². The summed E-state index contributed by atoms with van der Waals surface area (Å²) in [6, 6.07) is 10.3. The van der Waals surface area contributed by atoms with Crippen LogP contribution in [0.15, 0.2) is 42.5 Å². The molecule has 0 radical (unpaired) electrons. The quantitative estimate of drug-likeness (QED) is 0.274. The molecule has 0 spiro atoms. The van der Waals surface area contributed by atoms with E-state index in [0.29, 0.717) is 25.7 Å². The SMILES string of the molecule is O=C[C@H](C[C@@H]1CCNC1=O)NC(=O)[C@H](CC1CC1)NC(=O)[C@H](Cc1cccc2ccccc12)NC(=O)O. The Hall–Kier alpha value is -3.95. The lowest BCUT2D eigenvalue weighted by Gasteiger charge is -2.24. The van der Waals surface area contributed by atoms with Gasteiger partial charge in [0.05, 0.1) is 6.04 Å². The Morgan fingerprint density at radius 2 is 1.68 bits per heavy atom. The molecule has 196 valence electrons. The zero-order valence-corrected chi connectivity index (χ0v) is 20.4. The van der Waals surface area contributed by atoms with Gasteiger partial charge in [-0.1, -0.05) is 55.3 Å². The van der Waals surface area contributed by atoms with Crippen molar-refractivity contribution < 1.29 is 29.1 Å². The Labute approximate surface area is 214 Å². The molecule has 1 saturated carbocycles. The second-order valence-corrected chi connectivity index (χ2v) is 9.85. The van der Waals surface area contributed by atoms with Crippen LogP contribution in [0.25, 0.3) is 10.8 Å². The van der Waals surface area contributed by atoms with Crippen LogP contribution in [-0.2, 0) is 25.6 Å². The van der Waals surface area contributed by atoms with Gasteiger partial charge in [0.1, 0.15) is 18.4 Å². The molecule has 4 atom stereocenters. The summed E-state index contributed by atoms with van der Waals surface area (Å²) in [7, 11) is 0. The van der Waals surface area contributed by atoms with Gasteiger partial charge in [-0.15, -0.1) is 0 Å². The van der Waals surface area contributed by atoms with E-state index >= 15 is 0 Å². The van der Waals surface area contributed by atoms with E-state index in [1.165, 1.54) is 0 Å². The minimum absolute atomic E-state index is 0.102. The molecule has 1 heterocycles. The summed E-state index contributed by atoms with van der Waals surface area (Å²) < 4.78 is 0. The fourth-order valence-corrected chi connectivity index (χ4v) is 4.85.